The fraction of sp³-hybridized carbons (Fsp3) is 0.364. The summed E-state index contributed by atoms with van der Waals surface area (Å²) < 4.78 is 27.9. The molecule has 0 aromatic heterocycles. The number of rotatable bonds is 6. The molecule has 8 heteroatoms. The highest BCUT2D eigenvalue weighted by Gasteiger charge is 2.21. The van der Waals surface area contributed by atoms with Gasteiger partial charge in [0.1, 0.15) is 0 Å². The van der Waals surface area contributed by atoms with E-state index >= 15 is 0 Å². The monoisotopic (exact) mass is 350 g/mol. The Bertz CT molecular complexity index is 570. The molecular weight excluding hydrogens is 336 g/mol. The molecule has 1 aromatic carbocycles. The van der Waals surface area contributed by atoms with Crippen molar-refractivity contribution in [1.82, 2.24) is 4.31 Å². The number of nitrogens with zero attached hydrogens (tertiary/aromatic N) is 1. The Kier molecular flexibility index (Phi) is 5.33. The first-order chi connectivity index (χ1) is 8.83. The van der Waals surface area contributed by atoms with Crippen molar-refractivity contribution < 1.29 is 18.3 Å². The number of hydrogen-bond acceptors (Lipinski definition) is 3. The predicted molar refractivity (Wildman–Crippen MR) is 76.6 cm³/mol. The maximum atomic E-state index is 12.0. The highest BCUT2D eigenvalue weighted by atomic mass is 79.9. The first-order valence-corrected chi connectivity index (χ1v) is 7.86. The van der Waals surface area contributed by atoms with Crippen LogP contribution in [0.4, 0.5) is 5.69 Å². The third-order valence-electron chi connectivity index (χ3n) is 2.51. The molecule has 6 nitrogen and oxygen atoms in total. The van der Waals surface area contributed by atoms with Crippen LogP contribution in [-0.2, 0) is 10.2 Å². The molecule has 1 rings (SSSR count). The van der Waals surface area contributed by atoms with Gasteiger partial charge in [0, 0.05) is 13.1 Å². The number of benzene rings is 1. The van der Waals surface area contributed by atoms with Crippen molar-refractivity contribution in [2.75, 3.05) is 17.8 Å². The van der Waals surface area contributed by atoms with Crippen LogP contribution in [-0.4, -0.2) is 36.9 Å². The van der Waals surface area contributed by atoms with Gasteiger partial charge in [0.15, 0.2) is 0 Å². The Labute approximate surface area is 120 Å². The molecule has 0 fully saturated rings. The van der Waals surface area contributed by atoms with Crippen molar-refractivity contribution in [3.63, 3.8) is 0 Å². The van der Waals surface area contributed by atoms with E-state index in [1.54, 1.807) is 13.8 Å². The number of carbonyl (C=O) groups is 1. The van der Waals surface area contributed by atoms with Crippen molar-refractivity contribution in [3.8, 4) is 0 Å². The summed E-state index contributed by atoms with van der Waals surface area (Å²) in [5.41, 5.74) is 0.201. The summed E-state index contributed by atoms with van der Waals surface area (Å²) in [6.45, 7) is 4.13. The molecule has 19 heavy (non-hydrogen) atoms. The zero-order chi connectivity index (χ0) is 14.6. The second-order valence-electron chi connectivity index (χ2n) is 3.66. The molecule has 0 aliphatic carbocycles. The average Bonchev–Trinajstić information content (AvgIpc) is 2.32. The second-order valence-corrected chi connectivity index (χ2v) is 6.13. The number of nitrogens with one attached hydrogen (secondary N) is 1. The Balaban J connectivity index is 3.13. The van der Waals surface area contributed by atoms with Crippen LogP contribution in [0.2, 0.25) is 0 Å². The van der Waals surface area contributed by atoms with Crippen LogP contribution in [0.1, 0.15) is 24.2 Å². The van der Waals surface area contributed by atoms with Gasteiger partial charge in [-0.25, -0.2) is 4.79 Å². The highest BCUT2D eigenvalue weighted by molar-refractivity contribution is 9.10. The third kappa shape index (κ3) is 3.68. The number of carboxylic acid groups (broad SMARTS) is 1. The van der Waals surface area contributed by atoms with Gasteiger partial charge in [-0.3, -0.25) is 4.72 Å². The van der Waals surface area contributed by atoms with Crippen LogP contribution in [0.15, 0.2) is 22.7 Å². The number of carboxylic acids is 1. The Morgan fingerprint density at radius 1 is 1.37 bits per heavy atom. The number of anilines is 1. The lowest BCUT2D eigenvalue weighted by atomic mass is 10.2. The van der Waals surface area contributed by atoms with Crippen LogP contribution >= 0.6 is 15.9 Å². The molecule has 0 bridgehead atoms. The van der Waals surface area contributed by atoms with Gasteiger partial charge in [0.2, 0.25) is 0 Å². The molecule has 0 saturated carbocycles. The molecule has 0 atom stereocenters. The summed E-state index contributed by atoms with van der Waals surface area (Å²) in [6, 6.07) is 4.37. The lowest BCUT2D eigenvalue weighted by Gasteiger charge is -2.20. The SMILES string of the molecule is CCN(CC)S(=O)(=O)Nc1cccc(C(=O)O)c1Br. The lowest BCUT2D eigenvalue weighted by molar-refractivity contribution is 0.0696. The smallest absolute Gasteiger partial charge is 0.336 e. The van der Waals surface area contributed by atoms with Crippen molar-refractivity contribution in [2.45, 2.75) is 13.8 Å². The molecule has 0 heterocycles. The van der Waals surface area contributed by atoms with Gasteiger partial charge >= 0.3 is 16.2 Å². The number of hydrogen-bond donors (Lipinski definition) is 2. The summed E-state index contributed by atoms with van der Waals surface area (Å²) in [7, 11) is -3.68. The molecule has 0 radical (unpaired) electrons. The number of halogens is 1. The van der Waals surface area contributed by atoms with E-state index in [1.165, 1.54) is 22.5 Å². The van der Waals surface area contributed by atoms with Crippen LogP contribution in [0, 0.1) is 0 Å². The maximum absolute atomic E-state index is 12.0. The van der Waals surface area contributed by atoms with Crippen molar-refractivity contribution >= 4 is 37.8 Å². The van der Waals surface area contributed by atoms with E-state index in [2.05, 4.69) is 20.7 Å². The van der Waals surface area contributed by atoms with Gasteiger partial charge in [-0.05, 0) is 28.1 Å². The minimum absolute atomic E-state index is 0.000234. The van der Waals surface area contributed by atoms with Crippen LogP contribution in [0.5, 0.6) is 0 Å². The zero-order valence-electron chi connectivity index (χ0n) is 10.6. The van der Waals surface area contributed by atoms with Crippen molar-refractivity contribution in [1.29, 1.82) is 0 Å². The molecule has 2 N–H and O–H groups in total. The summed E-state index contributed by atoms with van der Waals surface area (Å²) in [4.78, 5) is 11.0. The Morgan fingerprint density at radius 2 is 1.95 bits per heavy atom. The zero-order valence-corrected chi connectivity index (χ0v) is 13.0. The Morgan fingerprint density at radius 3 is 2.42 bits per heavy atom. The normalized spacial score (nSPS) is 11.6. The quantitative estimate of drug-likeness (QED) is 0.822. The van der Waals surface area contributed by atoms with Crippen LogP contribution in [0.25, 0.3) is 0 Å². The maximum Gasteiger partial charge on any atom is 0.336 e. The molecule has 106 valence electrons. The topological polar surface area (TPSA) is 86.7 Å². The van der Waals surface area contributed by atoms with E-state index < -0.39 is 16.2 Å². The van der Waals surface area contributed by atoms with Crippen molar-refractivity contribution in [2.24, 2.45) is 0 Å². The molecule has 0 unspecified atom stereocenters. The molecule has 0 aliphatic heterocycles. The van der Waals surface area contributed by atoms with Gasteiger partial charge in [-0.2, -0.15) is 12.7 Å². The van der Waals surface area contributed by atoms with E-state index in [0.717, 1.165) is 0 Å². The summed E-state index contributed by atoms with van der Waals surface area (Å²) in [5, 5.41) is 8.97. The van der Waals surface area contributed by atoms with Gasteiger partial charge < -0.3 is 5.11 Å². The van der Waals surface area contributed by atoms with Crippen LogP contribution in [0.3, 0.4) is 0 Å². The van der Waals surface area contributed by atoms with E-state index in [4.69, 9.17) is 5.11 Å². The van der Waals surface area contributed by atoms with Crippen molar-refractivity contribution in [3.05, 3.63) is 28.2 Å². The largest absolute Gasteiger partial charge is 0.478 e. The lowest BCUT2D eigenvalue weighted by Crippen LogP contribution is -2.35. The molecular formula is C11H15BrN2O4S. The van der Waals surface area contributed by atoms with E-state index in [1.807, 2.05) is 0 Å². The van der Waals surface area contributed by atoms with Gasteiger partial charge in [-0.1, -0.05) is 19.9 Å². The fourth-order valence-electron chi connectivity index (χ4n) is 1.54. The van der Waals surface area contributed by atoms with Gasteiger partial charge in [-0.15, -0.1) is 0 Å². The standard InChI is InChI=1S/C11H15BrN2O4S/c1-3-14(4-2)19(17,18)13-9-7-5-6-8(10(9)12)11(15)16/h5-7,13H,3-4H2,1-2H3,(H,15,16). The molecule has 0 saturated heterocycles. The summed E-state index contributed by atoms with van der Waals surface area (Å²) >= 11 is 3.10. The Hall–Kier alpha value is -1.12. The highest BCUT2D eigenvalue weighted by Crippen LogP contribution is 2.27. The molecule has 1 aromatic rings. The third-order valence-corrected chi connectivity index (χ3v) is 5.04. The average molecular weight is 351 g/mol. The predicted octanol–water partition coefficient (Wildman–Crippen LogP) is 2.15. The molecule has 0 aliphatic rings. The van der Waals surface area contributed by atoms with E-state index in [-0.39, 0.29) is 15.7 Å². The molecule has 0 spiro atoms. The summed E-state index contributed by atoms with van der Waals surface area (Å²) in [6.07, 6.45) is 0. The fourth-order valence-corrected chi connectivity index (χ4v) is 3.46. The molecule has 0 amide bonds. The van der Waals surface area contributed by atoms with Crippen LogP contribution < -0.4 is 4.72 Å². The first-order valence-electron chi connectivity index (χ1n) is 5.63. The second kappa shape index (κ2) is 6.36. The minimum atomic E-state index is -3.68. The van der Waals surface area contributed by atoms with E-state index in [9.17, 15) is 13.2 Å². The number of aromatic carboxylic acids is 1. The summed E-state index contributed by atoms with van der Waals surface area (Å²) in [5.74, 6) is -1.13. The first kappa shape index (κ1) is 15.9. The van der Waals surface area contributed by atoms with E-state index in [0.29, 0.717) is 13.1 Å². The minimum Gasteiger partial charge on any atom is -0.478 e. The van der Waals surface area contributed by atoms with Gasteiger partial charge in [0.25, 0.3) is 0 Å². The van der Waals surface area contributed by atoms with Gasteiger partial charge in [0.05, 0.1) is 15.7 Å².